The SMILES string of the molecule is C=C1CCCN2C1=C(CC)C(CS(=O)(=O)O)=CC2(C)C. The Bertz CT molecular complexity index is 597. The summed E-state index contributed by atoms with van der Waals surface area (Å²) in [5.74, 6) is -0.315. The smallest absolute Gasteiger partial charge is 0.269 e. The third kappa shape index (κ3) is 2.83. The zero-order valence-corrected chi connectivity index (χ0v) is 13.3. The summed E-state index contributed by atoms with van der Waals surface area (Å²) in [4.78, 5) is 2.31. The lowest BCUT2D eigenvalue weighted by Gasteiger charge is -2.48. The third-order valence-electron chi connectivity index (χ3n) is 4.05. The summed E-state index contributed by atoms with van der Waals surface area (Å²) < 4.78 is 31.7. The number of fused-ring (bicyclic) bond motifs is 1. The van der Waals surface area contributed by atoms with Crippen LogP contribution in [0.4, 0.5) is 0 Å². The molecule has 2 aliphatic rings. The van der Waals surface area contributed by atoms with Crippen molar-refractivity contribution in [3.8, 4) is 0 Å². The fraction of sp³-hybridized carbons (Fsp3) is 0.600. The zero-order chi connectivity index (χ0) is 15.1. The minimum atomic E-state index is -4.02. The van der Waals surface area contributed by atoms with E-state index in [0.717, 1.165) is 42.7 Å². The molecule has 1 N–H and O–H groups in total. The second kappa shape index (κ2) is 5.04. The highest BCUT2D eigenvalue weighted by Crippen LogP contribution is 2.41. The molecule has 1 fully saturated rings. The molecule has 5 heteroatoms. The van der Waals surface area contributed by atoms with Crippen LogP contribution in [-0.2, 0) is 10.1 Å². The Balaban J connectivity index is 2.57. The van der Waals surface area contributed by atoms with Crippen molar-refractivity contribution in [2.75, 3.05) is 12.3 Å². The first kappa shape index (κ1) is 15.3. The lowest BCUT2D eigenvalue weighted by atomic mass is 9.82. The van der Waals surface area contributed by atoms with Crippen molar-refractivity contribution in [2.45, 2.75) is 45.6 Å². The van der Waals surface area contributed by atoms with Crippen LogP contribution in [0.2, 0.25) is 0 Å². The average molecular weight is 297 g/mol. The standard InChI is InChI=1S/C15H23NO3S/c1-5-13-12(10-20(17,18)19)9-15(3,4)16-8-6-7-11(2)14(13)16/h9H,2,5-8,10H2,1,3-4H3,(H,17,18,19). The first-order valence-corrected chi connectivity index (χ1v) is 8.63. The summed E-state index contributed by atoms with van der Waals surface area (Å²) in [6, 6.07) is 0. The number of hydrogen-bond donors (Lipinski definition) is 1. The Morgan fingerprint density at radius 1 is 1.45 bits per heavy atom. The molecule has 0 aromatic heterocycles. The van der Waals surface area contributed by atoms with E-state index in [1.54, 1.807) is 0 Å². The molecule has 0 spiro atoms. The minimum Gasteiger partial charge on any atom is -0.362 e. The molecule has 2 heterocycles. The second-order valence-electron chi connectivity index (χ2n) is 6.09. The molecule has 2 aliphatic heterocycles. The minimum absolute atomic E-state index is 0.253. The highest BCUT2D eigenvalue weighted by molar-refractivity contribution is 7.86. The fourth-order valence-corrected chi connectivity index (χ4v) is 3.94. The number of rotatable bonds is 3. The molecule has 112 valence electrons. The van der Waals surface area contributed by atoms with E-state index in [1.165, 1.54) is 0 Å². The van der Waals surface area contributed by atoms with E-state index >= 15 is 0 Å². The molecule has 0 saturated carbocycles. The number of hydrogen-bond acceptors (Lipinski definition) is 3. The zero-order valence-electron chi connectivity index (χ0n) is 12.4. The van der Waals surface area contributed by atoms with E-state index in [0.29, 0.717) is 5.57 Å². The highest BCUT2D eigenvalue weighted by atomic mass is 32.2. The quantitative estimate of drug-likeness (QED) is 0.814. The van der Waals surface area contributed by atoms with Crippen LogP contribution in [0.3, 0.4) is 0 Å². The Morgan fingerprint density at radius 2 is 2.10 bits per heavy atom. The van der Waals surface area contributed by atoms with Crippen molar-refractivity contribution in [3.63, 3.8) is 0 Å². The molecule has 0 bridgehead atoms. The maximum absolute atomic E-state index is 11.3. The molecular weight excluding hydrogens is 274 g/mol. The summed E-state index contributed by atoms with van der Waals surface area (Å²) in [5.41, 5.74) is 3.63. The summed E-state index contributed by atoms with van der Waals surface area (Å²) in [6.07, 6.45) is 4.73. The summed E-state index contributed by atoms with van der Waals surface area (Å²) in [7, 11) is -4.02. The molecular formula is C15H23NO3S. The van der Waals surface area contributed by atoms with Crippen molar-refractivity contribution >= 4 is 10.1 Å². The number of piperidine rings is 1. The average Bonchev–Trinajstić information content (AvgIpc) is 2.28. The maximum atomic E-state index is 11.3. The molecule has 0 aliphatic carbocycles. The largest absolute Gasteiger partial charge is 0.362 e. The van der Waals surface area contributed by atoms with Gasteiger partial charge in [0.05, 0.1) is 5.54 Å². The molecule has 20 heavy (non-hydrogen) atoms. The Morgan fingerprint density at radius 3 is 2.65 bits per heavy atom. The van der Waals surface area contributed by atoms with Gasteiger partial charge in [0.25, 0.3) is 10.1 Å². The lowest BCUT2D eigenvalue weighted by molar-refractivity contribution is 0.193. The first-order chi connectivity index (χ1) is 9.15. The predicted octanol–water partition coefficient (Wildman–Crippen LogP) is 2.91. The van der Waals surface area contributed by atoms with Gasteiger partial charge in [0.1, 0.15) is 5.75 Å². The van der Waals surface area contributed by atoms with Gasteiger partial charge in [0.15, 0.2) is 0 Å². The molecule has 0 atom stereocenters. The first-order valence-electron chi connectivity index (χ1n) is 7.02. The van der Waals surface area contributed by atoms with E-state index in [-0.39, 0.29) is 11.3 Å². The van der Waals surface area contributed by atoms with Gasteiger partial charge in [-0.3, -0.25) is 4.55 Å². The molecule has 4 nitrogen and oxygen atoms in total. The van der Waals surface area contributed by atoms with Crippen LogP contribution in [-0.4, -0.2) is 35.7 Å². The van der Waals surface area contributed by atoms with Gasteiger partial charge >= 0.3 is 0 Å². The van der Waals surface area contributed by atoms with Crippen LogP contribution in [0.1, 0.15) is 40.0 Å². The molecule has 2 rings (SSSR count). The van der Waals surface area contributed by atoms with Crippen molar-refractivity contribution in [1.29, 1.82) is 0 Å². The van der Waals surface area contributed by atoms with Gasteiger partial charge in [-0.25, -0.2) is 0 Å². The van der Waals surface area contributed by atoms with Crippen LogP contribution in [0.25, 0.3) is 0 Å². The van der Waals surface area contributed by atoms with Crippen molar-refractivity contribution in [3.05, 3.63) is 35.1 Å². The molecule has 0 radical (unpaired) electrons. The normalized spacial score (nSPS) is 22.7. The van der Waals surface area contributed by atoms with E-state index in [1.807, 2.05) is 13.0 Å². The third-order valence-corrected chi connectivity index (χ3v) is 4.73. The fourth-order valence-electron chi connectivity index (χ4n) is 3.29. The Kier molecular flexibility index (Phi) is 3.86. The molecule has 0 unspecified atom stereocenters. The Hall–Kier alpha value is -1.07. The van der Waals surface area contributed by atoms with Crippen LogP contribution < -0.4 is 0 Å². The van der Waals surface area contributed by atoms with Crippen LogP contribution in [0.5, 0.6) is 0 Å². The van der Waals surface area contributed by atoms with E-state index in [4.69, 9.17) is 0 Å². The van der Waals surface area contributed by atoms with Crippen LogP contribution in [0.15, 0.2) is 35.1 Å². The number of allylic oxidation sites excluding steroid dienone is 2. The van der Waals surface area contributed by atoms with Crippen LogP contribution >= 0.6 is 0 Å². The van der Waals surface area contributed by atoms with Gasteiger partial charge in [0.2, 0.25) is 0 Å². The van der Waals surface area contributed by atoms with Gasteiger partial charge in [-0.05, 0) is 49.8 Å². The molecule has 0 aromatic carbocycles. The van der Waals surface area contributed by atoms with E-state index in [9.17, 15) is 13.0 Å². The molecule has 1 saturated heterocycles. The predicted molar refractivity (Wildman–Crippen MR) is 81.0 cm³/mol. The van der Waals surface area contributed by atoms with Crippen molar-refractivity contribution in [1.82, 2.24) is 4.90 Å². The molecule has 0 aromatic rings. The Labute approximate surface area is 121 Å². The summed E-state index contributed by atoms with van der Waals surface area (Å²) in [6.45, 7) is 11.3. The summed E-state index contributed by atoms with van der Waals surface area (Å²) >= 11 is 0. The van der Waals surface area contributed by atoms with Crippen molar-refractivity contribution < 1.29 is 13.0 Å². The summed E-state index contributed by atoms with van der Waals surface area (Å²) in [5, 5.41) is 0. The molecule has 0 amide bonds. The second-order valence-corrected chi connectivity index (χ2v) is 7.54. The lowest BCUT2D eigenvalue weighted by Crippen LogP contribution is -2.47. The van der Waals surface area contributed by atoms with Gasteiger partial charge < -0.3 is 4.90 Å². The van der Waals surface area contributed by atoms with Crippen LogP contribution in [0, 0.1) is 0 Å². The van der Waals surface area contributed by atoms with E-state index < -0.39 is 10.1 Å². The number of nitrogens with zero attached hydrogens (tertiary/aromatic N) is 1. The maximum Gasteiger partial charge on any atom is 0.269 e. The highest BCUT2D eigenvalue weighted by Gasteiger charge is 2.36. The van der Waals surface area contributed by atoms with Gasteiger partial charge in [-0.1, -0.05) is 19.6 Å². The van der Waals surface area contributed by atoms with Gasteiger partial charge in [0, 0.05) is 12.2 Å². The van der Waals surface area contributed by atoms with E-state index in [2.05, 4.69) is 25.3 Å². The van der Waals surface area contributed by atoms with Gasteiger partial charge in [-0.15, -0.1) is 0 Å². The van der Waals surface area contributed by atoms with Gasteiger partial charge in [-0.2, -0.15) is 8.42 Å². The topological polar surface area (TPSA) is 57.6 Å². The monoisotopic (exact) mass is 297 g/mol. The van der Waals surface area contributed by atoms with Crippen molar-refractivity contribution in [2.24, 2.45) is 0 Å².